The summed E-state index contributed by atoms with van der Waals surface area (Å²) >= 11 is 0. The van der Waals surface area contributed by atoms with Crippen LogP contribution in [0.4, 0.5) is 5.69 Å². The third kappa shape index (κ3) is 3.81. The van der Waals surface area contributed by atoms with Gasteiger partial charge < -0.3 is 9.88 Å². The minimum Gasteiger partial charge on any atom is -0.317 e. The Morgan fingerprint density at radius 2 is 2.14 bits per heavy atom. The lowest BCUT2D eigenvalue weighted by molar-refractivity contribution is 0.102. The average molecular weight is 393 g/mol. The van der Waals surface area contributed by atoms with Crippen molar-refractivity contribution in [3.63, 3.8) is 0 Å². The van der Waals surface area contributed by atoms with Gasteiger partial charge in [0.25, 0.3) is 11.5 Å². The zero-order valence-corrected chi connectivity index (χ0v) is 17.1. The van der Waals surface area contributed by atoms with E-state index in [9.17, 15) is 9.59 Å². The number of amides is 1. The number of hydrogen-bond donors (Lipinski definition) is 1. The first-order valence-corrected chi connectivity index (χ1v) is 10.4. The molecule has 0 aromatic carbocycles. The number of aromatic nitrogens is 4. The van der Waals surface area contributed by atoms with Gasteiger partial charge in [-0.2, -0.15) is 0 Å². The van der Waals surface area contributed by atoms with Gasteiger partial charge in [0.2, 0.25) is 5.78 Å². The fourth-order valence-corrected chi connectivity index (χ4v) is 3.88. The van der Waals surface area contributed by atoms with Gasteiger partial charge in [0, 0.05) is 36.7 Å². The molecule has 1 saturated carbocycles. The van der Waals surface area contributed by atoms with Gasteiger partial charge in [-0.15, -0.1) is 0 Å². The predicted molar refractivity (Wildman–Crippen MR) is 112 cm³/mol. The van der Waals surface area contributed by atoms with Crippen molar-refractivity contribution >= 4 is 17.4 Å². The summed E-state index contributed by atoms with van der Waals surface area (Å²) in [5, 5.41) is 2.74. The number of carbonyl (C=O) groups is 1. The Bertz CT molecular complexity index is 1100. The van der Waals surface area contributed by atoms with E-state index in [0.717, 1.165) is 31.4 Å². The minimum absolute atomic E-state index is 0.167. The normalized spacial score (nSPS) is 19.3. The highest BCUT2D eigenvalue weighted by Gasteiger charge is 2.35. The lowest BCUT2D eigenvalue weighted by Gasteiger charge is -2.09. The van der Waals surface area contributed by atoms with E-state index in [0.29, 0.717) is 23.2 Å². The molecule has 4 rings (SSSR count). The fraction of sp³-hybridized carbons (Fsp3) is 0.455. The number of nitrogens with zero attached hydrogens (tertiary/aromatic N) is 4. The molecule has 1 unspecified atom stereocenters. The zero-order valence-electron chi connectivity index (χ0n) is 17.1. The number of pyridine rings is 1. The molecule has 29 heavy (non-hydrogen) atoms. The molecule has 1 fully saturated rings. The van der Waals surface area contributed by atoms with Gasteiger partial charge in [-0.05, 0) is 37.3 Å². The molecule has 152 valence electrons. The second kappa shape index (κ2) is 7.81. The molecule has 0 bridgehead atoms. The molecular formula is C22H27N5O2. The lowest BCUT2D eigenvalue weighted by atomic mass is 9.98. The quantitative estimate of drug-likeness (QED) is 0.657. The van der Waals surface area contributed by atoms with E-state index in [1.165, 1.54) is 6.20 Å². The number of imidazole rings is 1. The Kier molecular flexibility index (Phi) is 5.22. The first kappa shape index (κ1) is 19.4. The second-order valence-corrected chi connectivity index (χ2v) is 7.98. The molecule has 1 aliphatic carbocycles. The van der Waals surface area contributed by atoms with E-state index in [1.54, 1.807) is 33.5 Å². The molecule has 1 N–H and O–H groups in total. The van der Waals surface area contributed by atoms with Crippen molar-refractivity contribution in [3.8, 4) is 0 Å². The van der Waals surface area contributed by atoms with Crippen molar-refractivity contribution in [2.24, 2.45) is 5.92 Å². The predicted octanol–water partition coefficient (Wildman–Crippen LogP) is 4.02. The topological polar surface area (TPSA) is 81.3 Å². The van der Waals surface area contributed by atoms with Gasteiger partial charge in [-0.1, -0.05) is 27.2 Å². The molecule has 7 heteroatoms. The van der Waals surface area contributed by atoms with Crippen molar-refractivity contribution in [2.45, 2.75) is 58.4 Å². The van der Waals surface area contributed by atoms with E-state index in [2.05, 4.69) is 36.1 Å². The van der Waals surface area contributed by atoms with Gasteiger partial charge in [0.15, 0.2) is 0 Å². The maximum atomic E-state index is 12.7. The highest BCUT2D eigenvalue weighted by atomic mass is 16.2. The number of fused-ring (bicyclic) bond motifs is 1. The Hall–Kier alpha value is -2.96. The van der Waals surface area contributed by atoms with Crippen LogP contribution >= 0.6 is 0 Å². The molecule has 3 aromatic heterocycles. The van der Waals surface area contributed by atoms with Crippen LogP contribution in [0.5, 0.6) is 0 Å². The Balaban J connectivity index is 1.57. The van der Waals surface area contributed by atoms with Crippen LogP contribution in [0.2, 0.25) is 0 Å². The second-order valence-electron chi connectivity index (χ2n) is 7.98. The van der Waals surface area contributed by atoms with Crippen LogP contribution < -0.4 is 10.9 Å². The van der Waals surface area contributed by atoms with Crippen LogP contribution in [0.1, 0.15) is 74.5 Å². The Morgan fingerprint density at radius 1 is 1.34 bits per heavy atom. The van der Waals surface area contributed by atoms with Crippen molar-refractivity contribution < 1.29 is 4.79 Å². The summed E-state index contributed by atoms with van der Waals surface area (Å²) in [5.74, 6) is 1.12. The maximum absolute atomic E-state index is 12.7. The smallest absolute Gasteiger partial charge is 0.274 e. The van der Waals surface area contributed by atoms with Crippen molar-refractivity contribution in [3.05, 3.63) is 58.5 Å². The van der Waals surface area contributed by atoms with E-state index in [4.69, 9.17) is 0 Å². The summed E-state index contributed by atoms with van der Waals surface area (Å²) in [6, 6.07) is 3.67. The summed E-state index contributed by atoms with van der Waals surface area (Å²) in [6.07, 6.45) is 11.2. The summed E-state index contributed by atoms with van der Waals surface area (Å²) in [6.45, 7) is 6.44. The molecule has 3 atom stereocenters. The van der Waals surface area contributed by atoms with E-state index >= 15 is 0 Å². The highest BCUT2D eigenvalue weighted by Crippen LogP contribution is 2.41. The summed E-state index contributed by atoms with van der Waals surface area (Å²) in [5.41, 5.74) is 1.51. The molecule has 1 aliphatic rings. The summed E-state index contributed by atoms with van der Waals surface area (Å²) in [7, 11) is 0. The van der Waals surface area contributed by atoms with E-state index < -0.39 is 0 Å². The Morgan fingerprint density at radius 3 is 2.83 bits per heavy atom. The van der Waals surface area contributed by atoms with Crippen molar-refractivity contribution in [1.82, 2.24) is 18.9 Å². The SMILES string of the molecule is CCCC(CC)c1cn2cc(C(=O)Nc3cccn([C@H]4C[C@@H]4C)c3=O)cnc2n1. The van der Waals surface area contributed by atoms with E-state index in [-0.39, 0.29) is 23.2 Å². The fourth-order valence-electron chi connectivity index (χ4n) is 3.88. The largest absolute Gasteiger partial charge is 0.317 e. The highest BCUT2D eigenvalue weighted by molar-refractivity contribution is 6.03. The van der Waals surface area contributed by atoms with Gasteiger partial charge in [0.05, 0.1) is 11.3 Å². The molecule has 1 amide bonds. The van der Waals surface area contributed by atoms with Gasteiger partial charge in [-0.25, -0.2) is 9.97 Å². The monoisotopic (exact) mass is 393 g/mol. The van der Waals surface area contributed by atoms with Gasteiger partial charge >= 0.3 is 0 Å². The van der Waals surface area contributed by atoms with Crippen LogP contribution in [-0.4, -0.2) is 24.8 Å². The number of anilines is 1. The third-order valence-electron chi connectivity index (χ3n) is 5.79. The molecule has 3 aromatic rings. The number of carbonyl (C=O) groups excluding carboxylic acids is 1. The van der Waals surface area contributed by atoms with Crippen LogP contribution in [0.3, 0.4) is 0 Å². The van der Waals surface area contributed by atoms with Gasteiger partial charge in [0.1, 0.15) is 5.69 Å². The summed E-state index contributed by atoms with van der Waals surface area (Å²) in [4.78, 5) is 34.4. The average Bonchev–Trinajstić information content (AvgIpc) is 3.28. The Labute approximate surface area is 169 Å². The van der Waals surface area contributed by atoms with Crippen molar-refractivity contribution in [1.29, 1.82) is 0 Å². The minimum atomic E-state index is -0.353. The molecule has 0 aliphatic heterocycles. The van der Waals surface area contributed by atoms with Crippen LogP contribution in [-0.2, 0) is 0 Å². The maximum Gasteiger partial charge on any atom is 0.274 e. The molecule has 7 nitrogen and oxygen atoms in total. The first-order valence-electron chi connectivity index (χ1n) is 10.4. The molecule has 0 saturated heterocycles. The molecule has 0 radical (unpaired) electrons. The lowest BCUT2D eigenvalue weighted by Crippen LogP contribution is -2.25. The van der Waals surface area contributed by atoms with Crippen molar-refractivity contribution in [2.75, 3.05) is 5.32 Å². The molecular weight excluding hydrogens is 366 g/mol. The number of nitrogens with one attached hydrogen (secondary N) is 1. The first-order chi connectivity index (χ1) is 14.0. The number of hydrogen-bond acceptors (Lipinski definition) is 4. The molecule has 0 spiro atoms. The zero-order chi connectivity index (χ0) is 20.5. The van der Waals surface area contributed by atoms with Crippen LogP contribution in [0.15, 0.2) is 41.7 Å². The van der Waals surface area contributed by atoms with E-state index in [1.807, 2.05) is 6.20 Å². The van der Waals surface area contributed by atoms with Crippen LogP contribution in [0, 0.1) is 5.92 Å². The standard InChI is InChI=1S/C22H27N5O2/c1-4-7-15(5-2)18-13-26-12-16(11-23-22(26)25-18)20(28)24-17-8-6-9-27(21(17)29)19-10-14(19)3/h6,8-9,11-15,19H,4-5,7,10H2,1-3H3,(H,24,28)/t14-,15?,19-/m0/s1. The summed E-state index contributed by atoms with van der Waals surface area (Å²) < 4.78 is 3.50. The molecule has 3 heterocycles. The third-order valence-corrected chi connectivity index (χ3v) is 5.79. The van der Waals surface area contributed by atoms with Gasteiger partial charge in [-0.3, -0.25) is 14.0 Å². The number of rotatable bonds is 7. The van der Waals surface area contributed by atoms with Crippen LogP contribution in [0.25, 0.3) is 5.78 Å².